The van der Waals surface area contributed by atoms with Crippen LogP contribution >= 0.6 is 12.2 Å². The molecule has 1 saturated carbocycles. The lowest BCUT2D eigenvalue weighted by atomic mass is 9.81. The molecule has 1 aliphatic carbocycles. The molecule has 2 rings (SSSR count). The molecule has 0 aliphatic heterocycles. The fourth-order valence-corrected chi connectivity index (χ4v) is 2.82. The number of hydrogen-bond acceptors (Lipinski definition) is 3. The molecule has 4 nitrogen and oxygen atoms in total. The molecule has 0 atom stereocenters. The van der Waals surface area contributed by atoms with Crippen LogP contribution in [0.25, 0.3) is 0 Å². The number of carbonyl (C=O) groups is 1. The van der Waals surface area contributed by atoms with Gasteiger partial charge in [-0.1, -0.05) is 31.5 Å². The molecule has 1 aromatic rings. The number of phenolic OH excluding ortho intramolecular Hbond substituents is 1. The molecule has 0 aromatic heterocycles. The Labute approximate surface area is 122 Å². The summed E-state index contributed by atoms with van der Waals surface area (Å²) in [5, 5.41) is 12.5. The first-order chi connectivity index (χ1) is 9.44. The standard InChI is InChI=1S/C14H17FN2O2S/c15-9-4-5-11(18)10(8-9)12(19)17-14(13(16)20)6-2-1-3-7-14/h4-5,8,18H,1-3,6-7H2,(H2,16,20)(H,17,19). The summed E-state index contributed by atoms with van der Waals surface area (Å²) in [6.45, 7) is 0. The molecule has 0 bridgehead atoms. The van der Waals surface area contributed by atoms with Crippen LogP contribution in [-0.2, 0) is 0 Å². The Morgan fingerprint density at radius 3 is 2.60 bits per heavy atom. The van der Waals surface area contributed by atoms with Gasteiger partial charge in [-0.2, -0.15) is 0 Å². The van der Waals surface area contributed by atoms with Gasteiger partial charge >= 0.3 is 0 Å². The molecule has 108 valence electrons. The Bertz CT molecular complexity index is 542. The van der Waals surface area contributed by atoms with Gasteiger partial charge < -0.3 is 16.2 Å². The third-order valence-electron chi connectivity index (χ3n) is 3.73. The largest absolute Gasteiger partial charge is 0.507 e. The van der Waals surface area contributed by atoms with Crippen molar-refractivity contribution in [3.8, 4) is 5.75 Å². The molecule has 1 aliphatic rings. The van der Waals surface area contributed by atoms with E-state index in [2.05, 4.69) is 5.32 Å². The smallest absolute Gasteiger partial charge is 0.255 e. The van der Waals surface area contributed by atoms with Gasteiger partial charge in [0.25, 0.3) is 5.91 Å². The highest BCUT2D eigenvalue weighted by molar-refractivity contribution is 7.80. The number of phenols is 1. The molecular weight excluding hydrogens is 279 g/mol. The Morgan fingerprint density at radius 1 is 1.35 bits per heavy atom. The van der Waals surface area contributed by atoms with Gasteiger partial charge in [0.05, 0.1) is 16.1 Å². The molecule has 0 spiro atoms. The first-order valence-electron chi connectivity index (χ1n) is 6.55. The van der Waals surface area contributed by atoms with E-state index in [0.717, 1.165) is 37.5 Å². The molecule has 20 heavy (non-hydrogen) atoms. The van der Waals surface area contributed by atoms with Crippen LogP contribution in [0.3, 0.4) is 0 Å². The van der Waals surface area contributed by atoms with Crippen LogP contribution < -0.4 is 11.1 Å². The second kappa shape index (κ2) is 5.75. The number of aromatic hydroxyl groups is 1. The average molecular weight is 296 g/mol. The lowest BCUT2D eigenvalue weighted by Gasteiger charge is -2.37. The summed E-state index contributed by atoms with van der Waals surface area (Å²) >= 11 is 5.08. The fraction of sp³-hybridized carbons (Fsp3) is 0.429. The van der Waals surface area contributed by atoms with E-state index in [1.54, 1.807) is 0 Å². The highest BCUT2D eigenvalue weighted by atomic mass is 32.1. The number of hydrogen-bond donors (Lipinski definition) is 3. The summed E-state index contributed by atoms with van der Waals surface area (Å²) in [7, 11) is 0. The van der Waals surface area contributed by atoms with Crippen LogP contribution in [0.15, 0.2) is 18.2 Å². The van der Waals surface area contributed by atoms with Gasteiger partial charge in [-0.3, -0.25) is 4.79 Å². The predicted molar refractivity (Wildman–Crippen MR) is 78.1 cm³/mol. The zero-order valence-electron chi connectivity index (χ0n) is 11.0. The molecule has 0 radical (unpaired) electrons. The maximum absolute atomic E-state index is 13.2. The fourth-order valence-electron chi connectivity index (χ4n) is 2.56. The number of rotatable bonds is 3. The summed E-state index contributed by atoms with van der Waals surface area (Å²) in [6, 6.07) is 3.25. The Hall–Kier alpha value is -1.69. The van der Waals surface area contributed by atoms with Crippen molar-refractivity contribution in [1.29, 1.82) is 0 Å². The maximum Gasteiger partial charge on any atom is 0.255 e. The van der Waals surface area contributed by atoms with Crippen molar-refractivity contribution >= 4 is 23.1 Å². The minimum atomic E-state index is -0.733. The van der Waals surface area contributed by atoms with E-state index in [4.69, 9.17) is 18.0 Å². The van der Waals surface area contributed by atoms with Crippen molar-refractivity contribution in [3.05, 3.63) is 29.6 Å². The van der Waals surface area contributed by atoms with E-state index in [1.807, 2.05) is 0 Å². The average Bonchev–Trinajstić information content (AvgIpc) is 2.42. The third-order valence-corrected chi connectivity index (χ3v) is 4.13. The molecule has 0 heterocycles. The second-order valence-electron chi connectivity index (χ2n) is 5.12. The van der Waals surface area contributed by atoms with E-state index in [9.17, 15) is 14.3 Å². The van der Waals surface area contributed by atoms with E-state index in [-0.39, 0.29) is 16.3 Å². The van der Waals surface area contributed by atoms with E-state index in [0.29, 0.717) is 12.8 Å². The molecule has 4 N–H and O–H groups in total. The van der Waals surface area contributed by atoms with Crippen LogP contribution in [0.2, 0.25) is 0 Å². The Balaban J connectivity index is 2.24. The van der Waals surface area contributed by atoms with Crippen LogP contribution in [-0.4, -0.2) is 21.5 Å². The minimum Gasteiger partial charge on any atom is -0.507 e. The Morgan fingerprint density at radius 2 is 2.00 bits per heavy atom. The van der Waals surface area contributed by atoms with Crippen LogP contribution in [0.4, 0.5) is 4.39 Å². The molecule has 1 amide bonds. The number of nitrogens with two attached hydrogens (primary N) is 1. The third kappa shape index (κ3) is 2.90. The van der Waals surface area contributed by atoms with Gasteiger partial charge in [0.15, 0.2) is 0 Å². The zero-order valence-corrected chi connectivity index (χ0v) is 11.8. The van der Waals surface area contributed by atoms with Gasteiger partial charge in [-0.25, -0.2) is 4.39 Å². The molecular formula is C14H17FN2O2S. The lowest BCUT2D eigenvalue weighted by molar-refractivity contribution is 0.0905. The summed E-state index contributed by atoms with van der Waals surface area (Å²) in [6.07, 6.45) is 4.26. The zero-order chi connectivity index (χ0) is 14.8. The van der Waals surface area contributed by atoms with Crippen molar-refractivity contribution in [2.24, 2.45) is 5.73 Å². The van der Waals surface area contributed by atoms with Gasteiger partial charge in [-0.15, -0.1) is 0 Å². The molecule has 6 heteroatoms. The van der Waals surface area contributed by atoms with E-state index >= 15 is 0 Å². The van der Waals surface area contributed by atoms with Gasteiger partial charge in [0, 0.05) is 0 Å². The monoisotopic (exact) mass is 296 g/mol. The van der Waals surface area contributed by atoms with Crippen LogP contribution in [0, 0.1) is 5.82 Å². The Kier molecular flexibility index (Phi) is 4.23. The summed E-state index contributed by atoms with van der Waals surface area (Å²) in [5.41, 5.74) is 4.94. The SMILES string of the molecule is NC(=S)C1(NC(=O)c2cc(F)ccc2O)CCCCC1. The molecule has 0 saturated heterocycles. The number of carbonyl (C=O) groups excluding carboxylic acids is 1. The van der Waals surface area contributed by atoms with Gasteiger partial charge in [0.2, 0.25) is 0 Å². The summed E-state index contributed by atoms with van der Waals surface area (Å²) in [4.78, 5) is 12.5. The van der Waals surface area contributed by atoms with Crippen molar-refractivity contribution in [1.82, 2.24) is 5.32 Å². The summed E-state index contributed by atoms with van der Waals surface area (Å²) in [5.74, 6) is -1.41. The second-order valence-corrected chi connectivity index (χ2v) is 5.56. The number of halogens is 1. The number of amides is 1. The first kappa shape index (κ1) is 14.7. The quantitative estimate of drug-likeness (QED) is 0.748. The number of benzene rings is 1. The van der Waals surface area contributed by atoms with Crippen LogP contribution in [0.1, 0.15) is 42.5 Å². The number of nitrogens with one attached hydrogen (secondary N) is 1. The molecule has 0 unspecified atom stereocenters. The van der Waals surface area contributed by atoms with Crippen molar-refractivity contribution in [3.63, 3.8) is 0 Å². The molecule has 1 aromatic carbocycles. The van der Waals surface area contributed by atoms with Crippen molar-refractivity contribution in [2.45, 2.75) is 37.6 Å². The van der Waals surface area contributed by atoms with Gasteiger partial charge in [-0.05, 0) is 31.0 Å². The number of thiocarbonyl (C=S) groups is 1. The minimum absolute atomic E-state index is 0.105. The van der Waals surface area contributed by atoms with E-state index < -0.39 is 17.3 Å². The first-order valence-corrected chi connectivity index (χ1v) is 6.96. The molecule has 1 fully saturated rings. The lowest BCUT2D eigenvalue weighted by Crippen LogP contribution is -2.57. The van der Waals surface area contributed by atoms with Crippen molar-refractivity contribution in [2.75, 3.05) is 0 Å². The normalized spacial score (nSPS) is 17.4. The van der Waals surface area contributed by atoms with E-state index in [1.165, 1.54) is 0 Å². The maximum atomic E-state index is 13.2. The van der Waals surface area contributed by atoms with Gasteiger partial charge in [0.1, 0.15) is 11.6 Å². The highest BCUT2D eigenvalue weighted by Gasteiger charge is 2.37. The summed E-state index contributed by atoms with van der Waals surface area (Å²) < 4.78 is 13.2. The topological polar surface area (TPSA) is 75.3 Å². The predicted octanol–water partition coefficient (Wildman–Crippen LogP) is 2.25. The van der Waals surface area contributed by atoms with Crippen LogP contribution in [0.5, 0.6) is 5.75 Å². The highest BCUT2D eigenvalue weighted by Crippen LogP contribution is 2.29. The van der Waals surface area contributed by atoms with Crippen molar-refractivity contribution < 1.29 is 14.3 Å².